The number of unbranched alkanes of at least 4 members (excludes halogenated alkanes) is 1. The van der Waals surface area contributed by atoms with Gasteiger partial charge in [-0.15, -0.1) is 0 Å². The lowest BCUT2D eigenvalue weighted by atomic mass is 10.0. The zero-order chi connectivity index (χ0) is 14.3. The Kier molecular flexibility index (Phi) is 6.31. The zero-order valence-electron chi connectivity index (χ0n) is 10.9. The van der Waals surface area contributed by atoms with Crippen LogP contribution >= 0.6 is 0 Å². The van der Waals surface area contributed by atoms with E-state index in [0.717, 1.165) is 24.8 Å². The lowest BCUT2D eigenvalue weighted by Gasteiger charge is -2.13. The highest BCUT2D eigenvalue weighted by Crippen LogP contribution is 2.18. The van der Waals surface area contributed by atoms with Crippen LogP contribution in [-0.4, -0.2) is 24.5 Å². The molecule has 0 saturated carbocycles. The van der Waals surface area contributed by atoms with E-state index >= 15 is 0 Å². The van der Waals surface area contributed by atoms with Crippen molar-refractivity contribution in [2.24, 2.45) is 0 Å². The van der Waals surface area contributed by atoms with Crippen LogP contribution in [0.25, 0.3) is 0 Å². The van der Waals surface area contributed by atoms with Gasteiger partial charge in [0.25, 0.3) is 0 Å². The Hall–Kier alpha value is -1.07. The van der Waals surface area contributed by atoms with Gasteiger partial charge in [0, 0.05) is 0 Å². The second kappa shape index (κ2) is 7.50. The molecule has 2 nitrogen and oxygen atoms in total. The van der Waals surface area contributed by atoms with Crippen molar-refractivity contribution in [3.63, 3.8) is 0 Å². The van der Waals surface area contributed by atoms with Crippen molar-refractivity contribution in [1.82, 2.24) is 0 Å². The van der Waals surface area contributed by atoms with Crippen LogP contribution in [0.15, 0.2) is 24.3 Å². The molecule has 0 aromatic heterocycles. The lowest BCUT2D eigenvalue weighted by molar-refractivity contribution is -0.179. The van der Waals surface area contributed by atoms with E-state index in [1.165, 1.54) is 0 Å². The Morgan fingerprint density at radius 3 is 2.37 bits per heavy atom. The molecule has 0 saturated heterocycles. The first-order valence-electron chi connectivity index (χ1n) is 6.34. The van der Waals surface area contributed by atoms with Crippen LogP contribution < -0.4 is 0 Å². The number of alkyl halides is 3. The summed E-state index contributed by atoms with van der Waals surface area (Å²) in [6, 6.07) is 7.23. The molecule has 0 aliphatic heterocycles. The van der Waals surface area contributed by atoms with Gasteiger partial charge >= 0.3 is 6.18 Å². The monoisotopic (exact) mass is 276 g/mol. The smallest absolute Gasteiger partial charge is 0.386 e. The SMILES string of the molecule is CCCCc1ccc(C(O)COCC(F)(F)F)cc1. The van der Waals surface area contributed by atoms with E-state index in [9.17, 15) is 18.3 Å². The maximum atomic E-state index is 11.9. The van der Waals surface area contributed by atoms with Gasteiger partial charge in [0.05, 0.1) is 6.61 Å². The molecule has 1 N–H and O–H groups in total. The van der Waals surface area contributed by atoms with E-state index in [1.807, 2.05) is 12.1 Å². The third-order valence-electron chi connectivity index (χ3n) is 2.72. The largest absolute Gasteiger partial charge is 0.411 e. The van der Waals surface area contributed by atoms with Crippen LogP contribution in [0, 0.1) is 0 Å². The normalized spacial score (nSPS) is 13.5. The molecule has 0 aliphatic carbocycles. The summed E-state index contributed by atoms with van der Waals surface area (Å²) in [6.45, 7) is 0.419. The average molecular weight is 276 g/mol. The Morgan fingerprint density at radius 1 is 1.21 bits per heavy atom. The molecule has 108 valence electrons. The third kappa shape index (κ3) is 6.59. The second-order valence-electron chi connectivity index (χ2n) is 4.49. The van der Waals surface area contributed by atoms with Gasteiger partial charge in [-0.2, -0.15) is 13.2 Å². The lowest BCUT2D eigenvalue weighted by Crippen LogP contribution is -2.19. The van der Waals surface area contributed by atoms with Gasteiger partial charge in [-0.1, -0.05) is 37.6 Å². The van der Waals surface area contributed by atoms with Crippen molar-refractivity contribution in [2.45, 2.75) is 38.5 Å². The molecule has 0 radical (unpaired) electrons. The fraction of sp³-hybridized carbons (Fsp3) is 0.571. The molecule has 19 heavy (non-hydrogen) atoms. The maximum Gasteiger partial charge on any atom is 0.411 e. The molecule has 1 aromatic carbocycles. The van der Waals surface area contributed by atoms with E-state index in [2.05, 4.69) is 11.7 Å². The molecule has 0 spiro atoms. The number of rotatable bonds is 7. The molecule has 0 fully saturated rings. The summed E-state index contributed by atoms with van der Waals surface area (Å²) in [7, 11) is 0. The van der Waals surface area contributed by atoms with Crippen LogP contribution in [0.5, 0.6) is 0 Å². The highest BCUT2D eigenvalue weighted by molar-refractivity contribution is 5.24. The molecule has 1 rings (SSSR count). The molecule has 1 aromatic rings. The molecule has 0 aliphatic rings. The molecule has 5 heteroatoms. The van der Waals surface area contributed by atoms with Crippen molar-refractivity contribution in [3.8, 4) is 0 Å². The predicted molar refractivity (Wildman–Crippen MR) is 66.9 cm³/mol. The van der Waals surface area contributed by atoms with Crippen LogP contribution in [0.4, 0.5) is 13.2 Å². The molecular weight excluding hydrogens is 257 g/mol. The van der Waals surface area contributed by atoms with Crippen LogP contribution in [-0.2, 0) is 11.2 Å². The van der Waals surface area contributed by atoms with E-state index in [1.54, 1.807) is 12.1 Å². The first kappa shape index (κ1) is 16.0. The first-order valence-corrected chi connectivity index (χ1v) is 6.34. The summed E-state index contributed by atoms with van der Waals surface area (Å²) in [5, 5.41) is 9.69. The number of aryl methyl sites for hydroxylation is 1. The Balaban J connectivity index is 2.42. The number of aliphatic hydroxyl groups is 1. The molecule has 1 atom stereocenters. The molecule has 0 amide bonds. The zero-order valence-corrected chi connectivity index (χ0v) is 10.9. The Morgan fingerprint density at radius 2 is 1.84 bits per heavy atom. The van der Waals surface area contributed by atoms with Crippen LogP contribution in [0.2, 0.25) is 0 Å². The number of hydrogen-bond donors (Lipinski definition) is 1. The predicted octanol–water partition coefficient (Wildman–Crippen LogP) is 3.64. The standard InChI is InChI=1S/C14H19F3O2/c1-2-3-4-11-5-7-12(8-6-11)13(18)9-19-10-14(15,16)17/h5-8,13,18H,2-4,9-10H2,1H3. The third-order valence-corrected chi connectivity index (χ3v) is 2.72. The van der Waals surface area contributed by atoms with E-state index < -0.39 is 18.9 Å². The van der Waals surface area contributed by atoms with E-state index in [-0.39, 0.29) is 6.61 Å². The number of hydrogen-bond acceptors (Lipinski definition) is 2. The van der Waals surface area contributed by atoms with Gasteiger partial charge in [-0.25, -0.2) is 0 Å². The van der Waals surface area contributed by atoms with E-state index in [4.69, 9.17) is 0 Å². The average Bonchev–Trinajstić information content (AvgIpc) is 2.35. The minimum atomic E-state index is -4.36. The van der Waals surface area contributed by atoms with Gasteiger partial charge in [0.2, 0.25) is 0 Å². The summed E-state index contributed by atoms with van der Waals surface area (Å²) in [4.78, 5) is 0. The fourth-order valence-corrected chi connectivity index (χ4v) is 1.67. The molecule has 0 bridgehead atoms. The highest BCUT2D eigenvalue weighted by Gasteiger charge is 2.27. The number of benzene rings is 1. The molecule has 1 unspecified atom stereocenters. The van der Waals surface area contributed by atoms with Gasteiger partial charge in [0.15, 0.2) is 0 Å². The topological polar surface area (TPSA) is 29.5 Å². The number of halogens is 3. The number of ether oxygens (including phenoxy) is 1. The van der Waals surface area contributed by atoms with Gasteiger partial charge in [0.1, 0.15) is 12.7 Å². The highest BCUT2D eigenvalue weighted by atomic mass is 19.4. The minimum absolute atomic E-state index is 0.353. The quantitative estimate of drug-likeness (QED) is 0.824. The Bertz CT molecular complexity index is 360. The van der Waals surface area contributed by atoms with Crippen LogP contribution in [0.1, 0.15) is 37.0 Å². The van der Waals surface area contributed by atoms with Crippen LogP contribution in [0.3, 0.4) is 0 Å². The van der Waals surface area contributed by atoms with Gasteiger partial charge in [-0.3, -0.25) is 0 Å². The fourth-order valence-electron chi connectivity index (χ4n) is 1.67. The van der Waals surface area contributed by atoms with Crippen molar-refractivity contribution in [3.05, 3.63) is 35.4 Å². The summed E-state index contributed by atoms with van der Waals surface area (Å²) in [5.74, 6) is 0. The molecule has 0 heterocycles. The summed E-state index contributed by atoms with van der Waals surface area (Å²) >= 11 is 0. The maximum absolute atomic E-state index is 11.9. The van der Waals surface area contributed by atoms with E-state index in [0.29, 0.717) is 5.56 Å². The summed E-state index contributed by atoms with van der Waals surface area (Å²) in [6.07, 6.45) is -2.21. The second-order valence-corrected chi connectivity index (χ2v) is 4.49. The van der Waals surface area contributed by atoms with Gasteiger partial charge < -0.3 is 9.84 Å². The van der Waals surface area contributed by atoms with Crippen molar-refractivity contribution in [1.29, 1.82) is 0 Å². The van der Waals surface area contributed by atoms with Crippen molar-refractivity contribution >= 4 is 0 Å². The van der Waals surface area contributed by atoms with Gasteiger partial charge in [-0.05, 0) is 24.0 Å². The van der Waals surface area contributed by atoms with Crippen molar-refractivity contribution < 1.29 is 23.0 Å². The Labute approximate surface area is 111 Å². The molecular formula is C14H19F3O2. The summed E-state index contributed by atoms with van der Waals surface area (Å²) < 4.78 is 40.1. The number of aliphatic hydroxyl groups excluding tert-OH is 1. The summed E-state index contributed by atoms with van der Waals surface area (Å²) in [5.41, 5.74) is 1.73. The van der Waals surface area contributed by atoms with Crippen molar-refractivity contribution in [2.75, 3.05) is 13.2 Å². The first-order chi connectivity index (χ1) is 8.92. The minimum Gasteiger partial charge on any atom is -0.386 e.